The molecule has 0 bridgehead atoms. The van der Waals surface area contributed by atoms with Crippen molar-refractivity contribution in [3.8, 4) is 5.75 Å². The zero-order valence-electron chi connectivity index (χ0n) is 9.63. The summed E-state index contributed by atoms with van der Waals surface area (Å²) in [5, 5.41) is 3.86. The first kappa shape index (κ1) is 11.2. The van der Waals surface area contributed by atoms with Crippen LogP contribution in [0.15, 0.2) is 59.7 Å². The third kappa shape index (κ3) is 2.45. The summed E-state index contributed by atoms with van der Waals surface area (Å²) < 4.78 is 5.12. The molecule has 2 aromatic rings. The van der Waals surface area contributed by atoms with Gasteiger partial charge in [-0.25, -0.2) is 0 Å². The Morgan fingerprint density at radius 1 is 0.941 bits per heavy atom. The molecule has 0 unspecified atom stereocenters. The summed E-state index contributed by atoms with van der Waals surface area (Å²) in [4.78, 5) is 0. The van der Waals surface area contributed by atoms with Crippen molar-refractivity contribution >= 4 is 5.71 Å². The quantitative estimate of drug-likeness (QED) is 0.496. The minimum Gasteiger partial charge on any atom is -0.497 e. The van der Waals surface area contributed by atoms with Crippen molar-refractivity contribution < 1.29 is 4.74 Å². The van der Waals surface area contributed by atoms with E-state index in [0.717, 1.165) is 22.6 Å². The molecule has 0 spiro atoms. The molecule has 0 amide bonds. The number of rotatable bonds is 3. The SMILES string of the molecule is COc1ccc(C(=NN)c2ccccc2)cc1. The van der Waals surface area contributed by atoms with E-state index in [0.29, 0.717) is 0 Å². The normalized spacial score (nSPS) is 11.2. The summed E-state index contributed by atoms with van der Waals surface area (Å²) in [7, 11) is 1.64. The van der Waals surface area contributed by atoms with Crippen LogP contribution < -0.4 is 10.6 Å². The van der Waals surface area contributed by atoms with Crippen LogP contribution in [0, 0.1) is 0 Å². The predicted octanol–water partition coefficient (Wildman–Crippen LogP) is 2.41. The van der Waals surface area contributed by atoms with Crippen molar-refractivity contribution in [3.05, 3.63) is 65.7 Å². The van der Waals surface area contributed by atoms with Crippen LogP contribution in [0.3, 0.4) is 0 Å². The van der Waals surface area contributed by atoms with Gasteiger partial charge in [0.2, 0.25) is 0 Å². The van der Waals surface area contributed by atoms with Crippen LogP contribution in [-0.2, 0) is 0 Å². The fourth-order valence-corrected chi connectivity index (χ4v) is 1.66. The van der Waals surface area contributed by atoms with Gasteiger partial charge in [-0.1, -0.05) is 30.3 Å². The Kier molecular flexibility index (Phi) is 3.40. The Hall–Kier alpha value is -2.29. The van der Waals surface area contributed by atoms with Crippen molar-refractivity contribution in [1.82, 2.24) is 0 Å². The van der Waals surface area contributed by atoms with Gasteiger partial charge in [-0.2, -0.15) is 5.10 Å². The smallest absolute Gasteiger partial charge is 0.118 e. The summed E-state index contributed by atoms with van der Waals surface area (Å²) in [6.45, 7) is 0. The molecule has 0 heterocycles. The van der Waals surface area contributed by atoms with Crippen LogP contribution in [0.1, 0.15) is 11.1 Å². The van der Waals surface area contributed by atoms with Crippen LogP contribution in [0.2, 0.25) is 0 Å². The van der Waals surface area contributed by atoms with E-state index in [2.05, 4.69) is 5.10 Å². The number of hydrazone groups is 1. The van der Waals surface area contributed by atoms with Crippen molar-refractivity contribution in [2.24, 2.45) is 10.9 Å². The zero-order chi connectivity index (χ0) is 12.1. The van der Waals surface area contributed by atoms with Gasteiger partial charge < -0.3 is 10.6 Å². The lowest BCUT2D eigenvalue weighted by Crippen LogP contribution is -2.06. The summed E-state index contributed by atoms with van der Waals surface area (Å²) in [6.07, 6.45) is 0. The lowest BCUT2D eigenvalue weighted by atomic mass is 10.0. The first-order chi connectivity index (χ1) is 8.35. The van der Waals surface area contributed by atoms with Gasteiger partial charge in [0.15, 0.2) is 0 Å². The van der Waals surface area contributed by atoms with E-state index in [4.69, 9.17) is 10.6 Å². The predicted molar refractivity (Wildman–Crippen MR) is 69.3 cm³/mol. The summed E-state index contributed by atoms with van der Waals surface area (Å²) >= 11 is 0. The van der Waals surface area contributed by atoms with Gasteiger partial charge in [-0.05, 0) is 24.3 Å². The van der Waals surface area contributed by atoms with E-state index in [-0.39, 0.29) is 0 Å². The first-order valence-electron chi connectivity index (χ1n) is 5.33. The Balaban J connectivity index is 2.37. The molecule has 0 atom stereocenters. The largest absolute Gasteiger partial charge is 0.497 e. The molecule has 0 radical (unpaired) electrons. The number of hydrogen-bond donors (Lipinski definition) is 1. The lowest BCUT2D eigenvalue weighted by molar-refractivity contribution is 0.415. The lowest BCUT2D eigenvalue weighted by Gasteiger charge is -2.06. The minimum absolute atomic E-state index is 0.772. The minimum atomic E-state index is 0.772. The number of hydrogen-bond acceptors (Lipinski definition) is 3. The van der Waals surface area contributed by atoms with Gasteiger partial charge in [0.1, 0.15) is 5.75 Å². The second kappa shape index (κ2) is 5.16. The van der Waals surface area contributed by atoms with E-state index in [9.17, 15) is 0 Å². The molecule has 0 aliphatic heterocycles. The first-order valence-corrected chi connectivity index (χ1v) is 5.33. The molecular formula is C14H14N2O. The van der Waals surface area contributed by atoms with Crippen molar-refractivity contribution in [2.45, 2.75) is 0 Å². The van der Waals surface area contributed by atoms with Crippen LogP contribution in [0.4, 0.5) is 0 Å². The molecule has 86 valence electrons. The van der Waals surface area contributed by atoms with Crippen LogP contribution >= 0.6 is 0 Å². The van der Waals surface area contributed by atoms with E-state index in [1.165, 1.54) is 0 Å². The standard InChI is InChI=1S/C14H14N2O/c1-17-13-9-7-12(8-10-13)14(16-15)11-5-3-2-4-6-11/h2-10H,15H2,1H3. The third-order valence-corrected chi connectivity index (χ3v) is 2.54. The number of nitrogens with zero attached hydrogens (tertiary/aromatic N) is 1. The third-order valence-electron chi connectivity index (χ3n) is 2.54. The molecular weight excluding hydrogens is 212 g/mol. The molecule has 3 nitrogen and oxygen atoms in total. The summed E-state index contributed by atoms with van der Waals surface area (Å²) in [6, 6.07) is 17.5. The fraction of sp³-hybridized carbons (Fsp3) is 0.0714. The highest BCUT2D eigenvalue weighted by Crippen LogP contribution is 2.15. The van der Waals surface area contributed by atoms with E-state index in [1.54, 1.807) is 7.11 Å². The monoisotopic (exact) mass is 226 g/mol. The van der Waals surface area contributed by atoms with E-state index >= 15 is 0 Å². The molecule has 0 fully saturated rings. The Labute approximate surface area is 101 Å². The molecule has 0 saturated carbocycles. The van der Waals surface area contributed by atoms with Gasteiger partial charge in [0, 0.05) is 11.1 Å². The second-order valence-corrected chi connectivity index (χ2v) is 3.57. The van der Waals surface area contributed by atoms with Crippen molar-refractivity contribution in [1.29, 1.82) is 0 Å². The highest BCUT2D eigenvalue weighted by Gasteiger charge is 2.06. The van der Waals surface area contributed by atoms with Crippen LogP contribution in [-0.4, -0.2) is 12.8 Å². The zero-order valence-corrected chi connectivity index (χ0v) is 9.63. The van der Waals surface area contributed by atoms with Gasteiger partial charge in [0.05, 0.1) is 12.8 Å². The van der Waals surface area contributed by atoms with Crippen molar-refractivity contribution in [2.75, 3.05) is 7.11 Å². The molecule has 2 rings (SSSR count). The Morgan fingerprint density at radius 2 is 1.53 bits per heavy atom. The average molecular weight is 226 g/mol. The Morgan fingerprint density at radius 3 is 2.06 bits per heavy atom. The second-order valence-electron chi connectivity index (χ2n) is 3.57. The van der Waals surface area contributed by atoms with Gasteiger partial charge in [-0.3, -0.25) is 0 Å². The van der Waals surface area contributed by atoms with E-state index in [1.807, 2.05) is 54.6 Å². The highest BCUT2D eigenvalue weighted by atomic mass is 16.5. The highest BCUT2D eigenvalue weighted by molar-refractivity contribution is 6.12. The molecule has 0 saturated heterocycles. The number of benzene rings is 2. The average Bonchev–Trinajstić information content (AvgIpc) is 2.42. The van der Waals surface area contributed by atoms with Gasteiger partial charge >= 0.3 is 0 Å². The molecule has 3 heteroatoms. The number of methoxy groups -OCH3 is 1. The van der Waals surface area contributed by atoms with Crippen LogP contribution in [0.25, 0.3) is 0 Å². The van der Waals surface area contributed by atoms with E-state index < -0.39 is 0 Å². The maximum Gasteiger partial charge on any atom is 0.118 e. The molecule has 0 aliphatic rings. The number of nitrogens with two attached hydrogens (primary N) is 1. The van der Waals surface area contributed by atoms with Crippen molar-refractivity contribution in [3.63, 3.8) is 0 Å². The topological polar surface area (TPSA) is 47.6 Å². The molecule has 0 aromatic heterocycles. The van der Waals surface area contributed by atoms with Gasteiger partial charge in [0.25, 0.3) is 0 Å². The summed E-state index contributed by atoms with van der Waals surface area (Å²) in [5.74, 6) is 6.28. The maximum absolute atomic E-state index is 5.46. The molecule has 0 aliphatic carbocycles. The molecule has 2 N–H and O–H groups in total. The van der Waals surface area contributed by atoms with Gasteiger partial charge in [-0.15, -0.1) is 0 Å². The number of ether oxygens (including phenoxy) is 1. The summed E-state index contributed by atoms with van der Waals surface area (Å²) in [5.41, 5.74) is 2.74. The Bertz CT molecular complexity index is 504. The fourth-order valence-electron chi connectivity index (χ4n) is 1.66. The molecule has 2 aromatic carbocycles. The van der Waals surface area contributed by atoms with Crippen LogP contribution in [0.5, 0.6) is 5.75 Å². The maximum atomic E-state index is 5.46. The molecule has 17 heavy (non-hydrogen) atoms.